The van der Waals surface area contributed by atoms with Crippen LogP contribution < -0.4 is 0 Å². The van der Waals surface area contributed by atoms with Gasteiger partial charge in [0.2, 0.25) is 0 Å². The van der Waals surface area contributed by atoms with Crippen molar-refractivity contribution >= 4 is 5.97 Å². The number of esters is 1. The molecule has 1 aliphatic rings. The smallest absolute Gasteiger partial charge is 0.325 e. The van der Waals surface area contributed by atoms with E-state index in [1.807, 2.05) is 11.5 Å². The number of hydrogen-bond donors (Lipinski definition) is 0. The fourth-order valence-corrected chi connectivity index (χ4v) is 2.01. The fraction of sp³-hybridized carbons (Fsp3) is 0.636. The van der Waals surface area contributed by atoms with Gasteiger partial charge >= 0.3 is 5.97 Å². The van der Waals surface area contributed by atoms with E-state index in [2.05, 4.69) is 4.98 Å². The molecule has 0 spiro atoms. The monoisotopic (exact) mass is 208 g/mol. The van der Waals surface area contributed by atoms with Crippen molar-refractivity contribution in [2.75, 3.05) is 6.61 Å². The third kappa shape index (κ3) is 2.19. The van der Waals surface area contributed by atoms with Gasteiger partial charge in [0, 0.05) is 5.69 Å². The Hall–Kier alpha value is -1.32. The maximum atomic E-state index is 11.3. The number of aryl methyl sites for hydroxylation is 1. The first-order chi connectivity index (χ1) is 7.31. The van der Waals surface area contributed by atoms with E-state index in [1.165, 1.54) is 18.5 Å². The molecule has 0 amide bonds. The maximum Gasteiger partial charge on any atom is 0.325 e. The third-order valence-electron chi connectivity index (χ3n) is 2.71. The van der Waals surface area contributed by atoms with Crippen LogP contribution in [0.15, 0.2) is 6.33 Å². The molecule has 0 atom stereocenters. The number of imidazole rings is 1. The van der Waals surface area contributed by atoms with Crippen LogP contribution in [0.3, 0.4) is 0 Å². The summed E-state index contributed by atoms with van der Waals surface area (Å²) >= 11 is 0. The van der Waals surface area contributed by atoms with E-state index in [0.29, 0.717) is 13.2 Å². The van der Waals surface area contributed by atoms with Crippen LogP contribution in [0.4, 0.5) is 0 Å². The van der Waals surface area contributed by atoms with Gasteiger partial charge in [-0.05, 0) is 32.6 Å². The van der Waals surface area contributed by atoms with E-state index < -0.39 is 0 Å². The van der Waals surface area contributed by atoms with E-state index >= 15 is 0 Å². The first-order valence-corrected chi connectivity index (χ1v) is 5.49. The Balaban J connectivity index is 2.08. The second-order valence-corrected chi connectivity index (χ2v) is 3.78. The summed E-state index contributed by atoms with van der Waals surface area (Å²) in [6.07, 6.45) is 6.25. The lowest BCUT2D eigenvalue weighted by atomic mass is 10.0. The van der Waals surface area contributed by atoms with Crippen molar-refractivity contribution in [3.8, 4) is 0 Å². The van der Waals surface area contributed by atoms with Crippen LogP contribution in [0, 0.1) is 0 Å². The number of carbonyl (C=O) groups is 1. The first kappa shape index (κ1) is 10.2. The summed E-state index contributed by atoms with van der Waals surface area (Å²) in [6, 6.07) is 0. The molecule has 0 aliphatic heterocycles. The van der Waals surface area contributed by atoms with Gasteiger partial charge in [0.25, 0.3) is 0 Å². The number of rotatable bonds is 3. The lowest BCUT2D eigenvalue weighted by Crippen LogP contribution is -2.16. The van der Waals surface area contributed by atoms with Crippen LogP contribution in [0.1, 0.15) is 31.2 Å². The zero-order valence-electron chi connectivity index (χ0n) is 9.03. The normalized spacial score (nSPS) is 14.7. The number of carbonyl (C=O) groups excluding carboxylic acids is 1. The molecular formula is C11H16N2O2. The van der Waals surface area contributed by atoms with Gasteiger partial charge in [-0.1, -0.05) is 0 Å². The van der Waals surface area contributed by atoms with Gasteiger partial charge in [-0.25, -0.2) is 4.98 Å². The van der Waals surface area contributed by atoms with Gasteiger partial charge < -0.3 is 9.30 Å². The fourth-order valence-electron chi connectivity index (χ4n) is 2.01. The van der Waals surface area contributed by atoms with Crippen molar-refractivity contribution in [2.45, 2.75) is 39.2 Å². The largest absolute Gasteiger partial charge is 0.465 e. The van der Waals surface area contributed by atoms with Crippen molar-refractivity contribution in [1.29, 1.82) is 0 Å². The zero-order valence-corrected chi connectivity index (χ0v) is 9.03. The molecule has 0 saturated carbocycles. The van der Waals surface area contributed by atoms with Crippen LogP contribution in [0.2, 0.25) is 0 Å². The van der Waals surface area contributed by atoms with Crippen LogP contribution in [0.5, 0.6) is 0 Å². The highest BCUT2D eigenvalue weighted by molar-refractivity contribution is 5.69. The van der Waals surface area contributed by atoms with Crippen LogP contribution in [0.25, 0.3) is 0 Å². The molecule has 82 valence electrons. The van der Waals surface area contributed by atoms with Crippen molar-refractivity contribution in [2.24, 2.45) is 0 Å². The van der Waals surface area contributed by atoms with E-state index in [0.717, 1.165) is 18.5 Å². The molecule has 15 heavy (non-hydrogen) atoms. The van der Waals surface area contributed by atoms with Crippen molar-refractivity contribution in [1.82, 2.24) is 9.55 Å². The number of hydrogen-bond acceptors (Lipinski definition) is 3. The minimum atomic E-state index is -0.178. The summed E-state index contributed by atoms with van der Waals surface area (Å²) in [5.74, 6) is -0.178. The Kier molecular flexibility index (Phi) is 3.04. The predicted octanol–water partition coefficient (Wildman–Crippen LogP) is 1.33. The molecular weight excluding hydrogens is 192 g/mol. The highest BCUT2D eigenvalue weighted by Gasteiger charge is 2.16. The van der Waals surface area contributed by atoms with Crippen molar-refractivity contribution < 1.29 is 9.53 Å². The summed E-state index contributed by atoms with van der Waals surface area (Å²) in [7, 11) is 0. The van der Waals surface area contributed by atoms with Gasteiger partial charge in [-0.3, -0.25) is 4.79 Å². The van der Waals surface area contributed by atoms with E-state index in [9.17, 15) is 4.79 Å². The van der Waals surface area contributed by atoms with Crippen LogP contribution >= 0.6 is 0 Å². The number of ether oxygens (including phenoxy) is 1. The average Bonchev–Trinajstić information content (AvgIpc) is 2.62. The summed E-state index contributed by atoms with van der Waals surface area (Å²) in [5.41, 5.74) is 2.37. The van der Waals surface area contributed by atoms with Gasteiger partial charge in [-0.2, -0.15) is 0 Å². The van der Waals surface area contributed by atoms with Gasteiger partial charge in [0.05, 0.1) is 18.6 Å². The second-order valence-electron chi connectivity index (χ2n) is 3.78. The number of aromatic nitrogens is 2. The first-order valence-electron chi connectivity index (χ1n) is 5.49. The number of fused-ring (bicyclic) bond motifs is 1. The van der Waals surface area contributed by atoms with E-state index in [-0.39, 0.29) is 5.97 Å². The molecule has 1 aromatic heterocycles. The molecule has 1 heterocycles. The van der Waals surface area contributed by atoms with Gasteiger partial charge in [0.1, 0.15) is 6.54 Å². The Morgan fingerprint density at radius 1 is 1.53 bits per heavy atom. The van der Waals surface area contributed by atoms with Crippen molar-refractivity contribution in [3.63, 3.8) is 0 Å². The molecule has 0 unspecified atom stereocenters. The summed E-state index contributed by atoms with van der Waals surface area (Å²) in [6.45, 7) is 2.56. The molecule has 0 radical (unpaired) electrons. The molecule has 0 N–H and O–H groups in total. The Bertz CT molecular complexity index is 357. The summed E-state index contributed by atoms with van der Waals surface area (Å²) in [5, 5.41) is 0. The zero-order chi connectivity index (χ0) is 10.7. The molecule has 0 bridgehead atoms. The van der Waals surface area contributed by atoms with Gasteiger partial charge in [0.15, 0.2) is 0 Å². The molecule has 0 aromatic carbocycles. The summed E-state index contributed by atoms with van der Waals surface area (Å²) < 4.78 is 6.84. The second kappa shape index (κ2) is 4.47. The maximum absolute atomic E-state index is 11.3. The molecule has 4 nitrogen and oxygen atoms in total. The predicted molar refractivity (Wildman–Crippen MR) is 55.5 cm³/mol. The third-order valence-corrected chi connectivity index (χ3v) is 2.71. The van der Waals surface area contributed by atoms with E-state index in [4.69, 9.17) is 4.74 Å². The SMILES string of the molecule is CCOC(=O)Cn1cnc2c1CCCC2. The lowest BCUT2D eigenvalue weighted by molar-refractivity contribution is -0.143. The Morgan fingerprint density at radius 3 is 3.13 bits per heavy atom. The number of nitrogens with zero attached hydrogens (tertiary/aromatic N) is 2. The molecule has 4 heteroatoms. The quantitative estimate of drug-likeness (QED) is 0.704. The highest BCUT2D eigenvalue weighted by atomic mass is 16.5. The van der Waals surface area contributed by atoms with Crippen LogP contribution in [-0.2, 0) is 28.9 Å². The lowest BCUT2D eigenvalue weighted by Gasteiger charge is -2.13. The molecule has 1 aromatic rings. The van der Waals surface area contributed by atoms with Gasteiger partial charge in [-0.15, -0.1) is 0 Å². The van der Waals surface area contributed by atoms with E-state index in [1.54, 1.807) is 6.33 Å². The van der Waals surface area contributed by atoms with Crippen molar-refractivity contribution in [3.05, 3.63) is 17.7 Å². The molecule has 0 fully saturated rings. The molecule has 2 rings (SSSR count). The Morgan fingerprint density at radius 2 is 2.33 bits per heavy atom. The summed E-state index contributed by atoms with van der Waals surface area (Å²) in [4.78, 5) is 15.7. The highest BCUT2D eigenvalue weighted by Crippen LogP contribution is 2.19. The minimum absolute atomic E-state index is 0.178. The Labute approximate surface area is 89.3 Å². The average molecular weight is 208 g/mol. The van der Waals surface area contributed by atoms with Crippen LogP contribution in [-0.4, -0.2) is 22.1 Å². The standard InChI is InChI=1S/C11H16N2O2/c1-2-15-11(14)7-13-8-12-9-5-3-4-6-10(9)13/h8H,2-7H2,1H3. The molecule has 0 saturated heterocycles. The molecule has 1 aliphatic carbocycles. The topological polar surface area (TPSA) is 44.1 Å². The minimum Gasteiger partial charge on any atom is -0.465 e.